The highest BCUT2D eigenvalue weighted by Gasteiger charge is 2.40. The Bertz CT molecular complexity index is 132. The summed E-state index contributed by atoms with van der Waals surface area (Å²) in [6, 6.07) is -0.146. The maximum atomic E-state index is 9.41. The third-order valence-corrected chi connectivity index (χ3v) is 2.02. The third kappa shape index (κ3) is 1.56. The van der Waals surface area contributed by atoms with Crippen LogP contribution in [0.25, 0.3) is 0 Å². The molecular weight excluding hydrogens is 147 g/mol. The first-order chi connectivity index (χ1) is 5.20. The first-order valence-electron chi connectivity index (χ1n) is 3.68. The second-order valence-electron chi connectivity index (χ2n) is 2.75. The van der Waals surface area contributed by atoms with E-state index >= 15 is 0 Å². The zero-order valence-electron chi connectivity index (χ0n) is 6.73. The van der Waals surface area contributed by atoms with Crippen molar-refractivity contribution in [2.75, 3.05) is 13.7 Å². The Morgan fingerprint density at radius 1 is 1.64 bits per heavy atom. The highest BCUT2D eigenvalue weighted by molar-refractivity contribution is 6.11. The molecule has 1 unspecified atom stereocenters. The number of aliphatic hydroxyl groups is 2. The van der Waals surface area contributed by atoms with E-state index in [1.54, 1.807) is 0 Å². The molecule has 0 spiro atoms. The second kappa shape index (κ2) is 3.54. The third-order valence-electron chi connectivity index (χ3n) is 2.02. The highest BCUT2D eigenvalue weighted by atomic mass is 16.6. The Morgan fingerprint density at radius 3 is 2.55 bits per heavy atom. The minimum absolute atomic E-state index is 0.146. The van der Waals surface area contributed by atoms with Gasteiger partial charge in [0, 0.05) is 7.11 Å². The lowest BCUT2D eigenvalue weighted by atomic mass is 9.93. The topological polar surface area (TPSA) is 58.9 Å². The summed E-state index contributed by atoms with van der Waals surface area (Å²) in [6.07, 6.45) is -1.51. The minimum Gasteiger partial charge on any atom is -0.394 e. The average molecular weight is 160 g/mol. The van der Waals surface area contributed by atoms with E-state index in [9.17, 15) is 5.11 Å². The Kier molecular flexibility index (Phi) is 2.89. The molecule has 1 saturated heterocycles. The van der Waals surface area contributed by atoms with Crippen LogP contribution in [0.15, 0.2) is 0 Å². The summed E-state index contributed by atoms with van der Waals surface area (Å²) in [7, 11) is 3.33. The van der Waals surface area contributed by atoms with Gasteiger partial charge >= 0.3 is 0 Å². The molecule has 1 aliphatic heterocycles. The molecule has 0 amide bonds. The van der Waals surface area contributed by atoms with E-state index in [2.05, 4.69) is 0 Å². The van der Waals surface area contributed by atoms with Crippen molar-refractivity contribution in [1.29, 1.82) is 0 Å². The molecule has 0 saturated carbocycles. The smallest absolute Gasteiger partial charge is 0.142 e. The monoisotopic (exact) mass is 160 g/mol. The van der Waals surface area contributed by atoms with E-state index in [1.807, 2.05) is 7.85 Å². The first kappa shape index (κ1) is 9.00. The van der Waals surface area contributed by atoms with Crippen LogP contribution in [0.4, 0.5) is 0 Å². The quantitative estimate of drug-likeness (QED) is 0.446. The Balaban J connectivity index is 2.55. The molecule has 1 rings (SSSR count). The van der Waals surface area contributed by atoms with E-state index in [0.717, 1.165) is 0 Å². The molecule has 1 aliphatic rings. The number of hydrogen-bond donors (Lipinski definition) is 2. The van der Waals surface area contributed by atoms with Crippen molar-refractivity contribution in [2.45, 2.75) is 24.3 Å². The molecule has 0 bridgehead atoms. The fraction of sp³-hybridized carbons (Fsp3) is 1.00. The fourth-order valence-corrected chi connectivity index (χ4v) is 1.40. The molecule has 0 aliphatic carbocycles. The standard InChI is InChI=1S/C6H13BO4/c1-10-5-4(9)3(2-8)11-6(5)7/h3-6,8-9H,2,7H2,1H3/t3-,4-,5-,6?/m1/s1. The zero-order chi connectivity index (χ0) is 8.43. The van der Waals surface area contributed by atoms with Gasteiger partial charge in [-0.3, -0.25) is 0 Å². The molecular formula is C6H13BO4. The predicted octanol–water partition coefficient (Wildman–Crippen LogP) is -2.29. The van der Waals surface area contributed by atoms with E-state index in [4.69, 9.17) is 14.6 Å². The van der Waals surface area contributed by atoms with Crippen molar-refractivity contribution in [3.05, 3.63) is 0 Å². The molecule has 0 aromatic rings. The van der Waals surface area contributed by atoms with Crippen LogP contribution in [0, 0.1) is 0 Å². The van der Waals surface area contributed by atoms with Gasteiger partial charge in [0.05, 0.1) is 12.6 Å². The van der Waals surface area contributed by atoms with Gasteiger partial charge in [-0.2, -0.15) is 0 Å². The van der Waals surface area contributed by atoms with Crippen LogP contribution in [-0.4, -0.2) is 56.1 Å². The fourth-order valence-electron chi connectivity index (χ4n) is 1.40. The maximum absolute atomic E-state index is 9.41. The molecule has 0 aromatic heterocycles. The van der Waals surface area contributed by atoms with Gasteiger partial charge in [0.1, 0.15) is 26.2 Å². The molecule has 1 heterocycles. The second-order valence-corrected chi connectivity index (χ2v) is 2.75. The van der Waals surface area contributed by atoms with Gasteiger partial charge in [-0.25, -0.2) is 0 Å². The summed E-state index contributed by atoms with van der Waals surface area (Å²) in [5.74, 6) is 0. The molecule has 5 heteroatoms. The lowest BCUT2D eigenvalue weighted by Crippen LogP contribution is -2.35. The van der Waals surface area contributed by atoms with Crippen LogP contribution in [0.5, 0.6) is 0 Å². The van der Waals surface area contributed by atoms with Crippen molar-refractivity contribution in [3.63, 3.8) is 0 Å². The summed E-state index contributed by atoms with van der Waals surface area (Å²) >= 11 is 0. The Hall–Kier alpha value is -0.0951. The molecule has 11 heavy (non-hydrogen) atoms. The number of rotatable bonds is 2. The van der Waals surface area contributed by atoms with E-state index in [-0.39, 0.29) is 18.7 Å². The van der Waals surface area contributed by atoms with Crippen LogP contribution >= 0.6 is 0 Å². The van der Waals surface area contributed by atoms with Crippen LogP contribution in [0.1, 0.15) is 0 Å². The molecule has 0 aromatic carbocycles. The predicted molar refractivity (Wildman–Crippen MR) is 41.1 cm³/mol. The molecule has 64 valence electrons. The Morgan fingerprint density at radius 2 is 2.27 bits per heavy atom. The van der Waals surface area contributed by atoms with E-state index in [1.165, 1.54) is 7.11 Å². The molecule has 4 nitrogen and oxygen atoms in total. The van der Waals surface area contributed by atoms with Crippen molar-refractivity contribution in [3.8, 4) is 0 Å². The summed E-state index contributed by atoms with van der Waals surface area (Å²) < 4.78 is 10.2. The van der Waals surface area contributed by atoms with Crippen molar-refractivity contribution < 1.29 is 19.7 Å². The molecule has 1 fully saturated rings. The van der Waals surface area contributed by atoms with Gasteiger partial charge in [0.25, 0.3) is 0 Å². The van der Waals surface area contributed by atoms with Crippen LogP contribution in [0.3, 0.4) is 0 Å². The normalized spacial score (nSPS) is 44.6. The average Bonchev–Trinajstić information content (AvgIpc) is 2.26. The van der Waals surface area contributed by atoms with Gasteiger partial charge in [-0.15, -0.1) is 0 Å². The van der Waals surface area contributed by atoms with Gasteiger partial charge in [0.15, 0.2) is 0 Å². The molecule has 2 N–H and O–H groups in total. The van der Waals surface area contributed by atoms with Crippen LogP contribution in [0.2, 0.25) is 0 Å². The zero-order valence-corrected chi connectivity index (χ0v) is 6.73. The number of hydrogen-bond acceptors (Lipinski definition) is 4. The van der Waals surface area contributed by atoms with Crippen molar-refractivity contribution in [1.82, 2.24) is 0 Å². The lowest BCUT2D eigenvalue weighted by Gasteiger charge is -2.15. The van der Waals surface area contributed by atoms with Crippen molar-refractivity contribution in [2.24, 2.45) is 0 Å². The largest absolute Gasteiger partial charge is 0.394 e. The first-order valence-corrected chi connectivity index (χ1v) is 3.68. The number of ether oxygens (including phenoxy) is 2. The van der Waals surface area contributed by atoms with E-state index < -0.39 is 12.2 Å². The van der Waals surface area contributed by atoms with Gasteiger partial charge in [-0.1, -0.05) is 0 Å². The number of aliphatic hydroxyl groups excluding tert-OH is 2. The summed E-state index contributed by atoms with van der Waals surface area (Å²) in [4.78, 5) is 0. The minimum atomic E-state index is -0.708. The molecule has 0 radical (unpaired) electrons. The lowest BCUT2D eigenvalue weighted by molar-refractivity contribution is -0.0145. The summed E-state index contributed by atoms with van der Waals surface area (Å²) in [5, 5.41) is 18.1. The van der Waals surface area contributed by atoms with Crippen molar-refractivity contribution >= 4 is 7.85 Å². The summed E-state index contributed by atoms with van der Waals surface area (Å²) in [5.41, 5.74) is 0. The molecule has 4 atom stereocenters. The maximum Gasteiger partial charge on any atom is 0.142 e. The Labute approximate surface area is 66.5 Å². The van der Waals surface area contributed by atoms with Gasteiger partial charge in [-0.05, 0) is 0 Å². The summed E-state index contributed by atoms with van der Waals surface area (Å²) in [6.45, 7) is -0.161. The SMILES string of the molecule is BC1O[C@H](CO)[C@@H](O)[C@H]1OC. The van der Waals surface area contributed by atoms with Gasteiger partial charge in [0.2, 0.25) is 0 Å². The van der Waals surface area contributed by atoms with Gasteiger partial charge < -0.3 is 19.7 Å². The van der Waals surface area contributed by atoms with Crippen LogP contribution in [-0.2, 0) is 9.47 Å². The highest BCUT2D eigenvalue weighted by Crippen LogP contribution is 2.20. The number of methoxy groups -OCH3 is 1. The van der Waals surface area contributed by atoms with E-state index in [0.29, 0.717) is 0 Å². The van der Waals surface area contributed by atoms with Crippen LogP contribution < -0.4 is 0 Å².